The van der Waals surface area contributed by atoms with E-state index in [2.05, 4.69) is 12.6 Å². The average molecular weight is 400 g/mol. The maximum Gasteiger partial charge on any atom is 1.00 e. The van der Waals surface area contributed by atoms with Gasteiger partial charge in [0.25, 0.3) is 0 Å². The lowest BCUT2D eigenvalue weighted by molar-refractivity contribution is -0.0368. The molecule has 3 aliphatic rings. The summed E-state index contributed by atoms with van der Waals surface area (Å²) in [6.07, 6.45) is 15.0. The maximum atomic E-state index is 6.56. The smallest absolute Gasteiger partial charge is 0.379 e. The van der Waals surface area contributed by atoms with E-state index >= 15 is 0 Å². The highest BCUT2D eigenvalue weighted by molar-refractivity contribution is 6.39. The predicted octanol–water partition coefficient (Wildman–Crippen LogP) is 1.05. The van der Waals surface area contributed by atoms with Crippen LogP contribution in [0.1, 0.15) is 65.6 Å². The fourth-order valence-corrected chi connectivity index (χ4v) is 8.41. The van der Waals surface area contributed by atoms with Crippen LogP contribution < -0.4 is 0 Å². The van der Waals surface area contributed by atoms with E-state index in [0.717, 1.165) is 46.7 Å². The molecule has 3 unspecified atom stereocenters. The monoisotopic (exact) mass is 399 g/mol. The van der Waals surface area contributed by atoms with Crippen LogP contribution in [0.4, 0.5) is 0 Å². The van der Waals surface area contributed by atoms with Crippen molar-refractivity contribution < 1.29 is 15.6 Å². The Morgan fingerprint density at radius 3 is 2.08 bits per heavy atom. The normalized spacial score (nSPS) is 41.6. The molecule has 3 atom stereocenters. The molecule has 25 heavy (non-hydrogen) atoms. The standard InChI is InChI=1S/C19H38O3Si3/c1-25-19(10-4-7-13-22-19)16(14-17(23)8-2-5-11-20-17)15-18(24)9-3-6-12-21-18/h14H,2-13,15,25H2,1,23-24H3/p+1. The Morgan fingerprint density at radius 1 is 0.920 bits per heavy atom. The third-order valence-corrected chi connectivity index (χ3v) is 11.0. The third kappa shape index (κ3) is 4.96. The lowest BCUT2D eigenvalue weighted by Crippen LogP contribution is -2.48. The highest BCUT2D eigenvalue weighted by Crippen LogP contribution is 2.40. The van der Waals surface area contributed by atoms with Gasteiger partial charge in [0.2, 0.25) is 0 Å². The van der Waals surface area contributed by atoms with Gasteiger partial charge in [-0.3, -0.25) is 0 Å². The molecule has 0 N–H and O–H groups in total. The lowest BCUT2D eigenvalue weighted by Gasteiger charge is -2.45. The summed E-state index contributed by atoms with van der Waals surface area (Å²) in [6, 6.07) is 0. The minimum absolute atomic E-state index is 0. The molecular formula is C19H39O3Si3+. The highest BCUT2D eigenvalue weighted by atomic mass is 28.2. The minimum Gasteiger partial charge on any atom is -0.379 e. The van der Waals surface area contributed by atoms with E-state index in [1.807, 2.05) is 0 Å². The van der Waals surface area contributed by atoms with Crippen LogP contribution in [0.25, 0.3) is 0 Å². The summed E-state index contributed by atoms with van der Waals surface area (Å²) in [5.74, 6) is 0. The van der Waals surface area contributed by atoms with Crippen molar-refractivity contribution in [2.45, 2.75) is 86.4 Å². The molecule has 0 aliphatic carbocycles. The molecule has 3 rings (SSSR count). The van der Waals surface area contributed by atoms with Crippen LogP contribution in [0.3, 0.4) is 0 Å². The van der Waals surface area contributed by atoms with E-state index in [0.29, 0.717) is 0 Å². The van der Waals surface area contributed by atoms with Crippen LogP contribution in [-0.4, -0.2) is 65.5 Å². The molecule has 6 heteroatoms. The number of rotatable bonds is 5. The van der Waals surface area contributed by atoms with Crippen LogP contribution in [-0.2, 0) is 14.2 Å². The fraction of sp³-hybridized carbons (Fsp3) is 0.895. The quantitative estimate of drug-likeness (QED) is 0.511. The van der Waals surface area contributed by atoms with Crippen molar-refractivity contribution in [3.8, 4) is 0 Å². The molecule has 3 aliphatic heterocycles. The van der Waals surface area contributed by atoms with Crippen LogP contribution in [0.5, 0.6) is 0 Å². The molecule has 0 amide bonds. The fourth-order valence-electron chi connectivity index (χ4n) is 4.93. The number of hydrogen-bond donors (Lipinski definition) is 0. The molecule has 0 aromatic heterocycles. The van der Waals surface area contributed by atoms with Crippen LogP contribution in [0.15, 0.2) is 11.6 Å². The first-order valence-corrected chi connectivity index (χ1v) is 14.8. The van der Waals surface area contributed by atoms with E-state index in [1.54, 1.807) is 5.57 Å². The Balaban J connectivity index is 0.00000243. The largest absolute Gasteiger partial charge is 1.00 e. The van der Waals surface area contributed by atoms with Gasteiger partial charge in [-0.15, -0.1) is 0 Å². The second kappa shape index (κ2) is 8.52. The lowest BCUT2D eigenvalue weighted by atomic mass is 9.90. The Kier molecular flexibility index (Phi) is 6.82. The molecule has 0 saturated carbocycles. The first-order chi connectivity index (χ1) is 12.0. The molecule has 144 valence electrons. The summed E-state index contributed by atoms with van der Waals surface area (Å²) in [6.45, 7) is 5.29. The summed E-state index contributed by atoms with van der Waals surface area (Å²) in [4.78, 5) is 0. The van der Waals surface area contributed by atoms with Gasteiger partial charge in [0, 0.05) is 40.3 Å². The Hall–Kier alpha value is 0.271. The summed E-state index contributed by atoms with van der Waals surface area (Å²) in [5, 5.41) is 0.250. The molecular weight excluding hydrogens is 360 g/mol. The maximum absolute atomic E-state index is 6.56. The van der Waals surface area contributed by atoms with Crippen molar-refractivity contribution in [1.29, 1.82) is 0 Å². The van der Waals surface area contributed by atoms with E-state index in [9.17, 15) is 0 Å². The van der Waals surface area contributed by atoms with Crippen molar-refractivity contribution in [3.63, 3.8) is 0 Å². The molecule has 0 bridgehead atoms. The third-order valence-electron chi connectivity index (χ3n) is 6.60. The van der Waals surface area contributed by atoms with Gasteiger partial charge in [0.1, 0.15) is 0 Å². The zero-order valence-electron chi connectivity index (χ0n) is 17.7. The van der Waals surface area contributed by atoms with Gasteiger partial charge in [-0.05, 0) is 69.8 Å². The molecule has 3 nitrogen and oxygen atoms in total. The first-order valence-electron chi connectivity index (χ1n) is 10.6. The Morgan fingerprint density at radius 2 is 1.56 bits per heavy atom. The molecule has 3 fully saturated rings. The molecule has 0 radical (unpaired) electrons. The molecule has 0 spiro atoms. The number of hydrogen-bond acceptors (Lipinski definition) is 3. The van der Waals surface area contributed by atoms with Crippen LogP contribution in [0.2, 0.25) is 6.55 Å². The van der Waals surface area contributed by atoms with Crippen LogP contribution in [0, 0.1) is 0 Å². The van der Waals surface area contributed by atoms with Gasteiger partial charge in [-0.1, -0.05) is 12.6 Å². The topological polar surface area (TPSA) is 27.7 Å². The van der Waals surface area contributed by atoms with Crippen molar-refractivity contribution in [1.82, 2.24) is 0 Å². The van der Waals surface area contributed by atoms with Gasteiger partial charge >= 0.3 is 1.43 Å². The second-order valence-electron chi connectivity index (χ2n) is 8.87. The zero-order chi connectivity index (χ0) is 17.8. The summed E-state index contributed by atoms with van der Waals surface area (Å²) in [7, 11) is 1.89. The van der Waals surface area contributed by atoms with Gasteiger partial charge in [-0.25, -0.2) is 0 Å². The highest BCUT2D eigenvalue weighted by Gasteiger charge is 2.41. The minimum atomic E-state index is -0.302. The van der Waals surface area contributed by atoms with E-state index in [1.165, 1.54) is 57.8 Å². The zero-order valence-corrected chi connectivity index (χ0v) is 22.1. The van der Waals surface area contributed by atoms with Gasteiger partial charge in [0.15, 0.2) is 0 Å². The second-order valence-corrected chi connectivity index (χ2v) is 14.2. The summed E-state index contributed by atoms with van der Waals surface area (Å²) in [5.41, 5.74) is 1.58. The molecule has 3 heterocycles. The van der Waals surface area contributed by atoms with Crippen LogP contribution >= 0.6 is 0 Å². The average Bonchev–Trinajstić information content (AvgIpc) is 2.62. The molecule has 0 aromatic carbocycles. The van der Waals surface area contributed by atoms with E-state index in [4.69, 9.17) is 14.2 Å². The van der Waals surface area contributed by atoms with Crippen molar-refractivity contribution in [3.05, 3.63) is 11.6 Å². The van der Waals surface area contributed by atoms with Crippen molar-refractivity contribution >= 4 is 30.0 Å². The van der Waals surface area contributed by atoms with Crippen molar-refractivity contribution in [2.75, 3.05) is 19.8 Å². The van der Waals surface area contributed by atoms with Gasteiger partial charge < -0.3 is 14.2 Å². The SMILES string of the molecule is C[SiH2]C1(C(=CC2([SiH3])CCCCO2)CC2([SiH3])CCCCO2)CCCCO1.[H+]. The van der Waals surface area contributed by atoms with E-state index in [-0.39, 0.29) is 26.6 Å². The Labute approximate surface area is 163 Å². The summed E-state index contributed by atoms with van der Waals surface area (Å²) < 4.78 is 19.2. The van der Waals surface area contributed by atoms with Gasteiger partial charge in [0.05, 0.1) is 25.2 Å². The first kappa shape index (κ1) is 20.0. The number of ether oxygens (including phenoxy) is 3. The van der Waals surface area contributed by atoms with Gasteiger partial charge in [-0.2, -0.15) is 0 Å². The predicted molar refractivity (Wildman–Crippen MR) is 116 cm³/mol. The van der Waals surface area contributed by atoms with E-state index < -0.39 is 0 Å². The molecule has 3 saturated heterocycles. The summed E-state index contributed by atoms with van der Waals surface area (Å²) >= 11 is 0. The van der Waals surface area contributed by atoms with Crippen molar-refractivity contribution in [2.24, 2.45) is 0 Å². The Bertz CT molecular complexity index is 469. The molecule has 0 aromatic rings.